The summed E-state index contributed by atoms with van der Waals surface area (Å²) >= 11 is 0. The molecule has 5 heteroatoms. The number of hydrogen-bond acceptors (Lipinski definition) is 3. The number of rotatable bonds is 2. The standard InChI is InChI=1S/C15H18N2O2S/c1-11-7-8-17(10-11)20(18,19)15-4-2-3-12-9-13(16)5-6-14(12)15/h2-6,9,11H,7-8,10,16H2,1H3. The molecule has 0 radical (unpaired) electrons. The highest BCUT2D eigenvalue weighted by molar-refractivity contribution is 7.89. The van der Waals surface area contributed by atoms with Crippen LogP contribution in [0.5, 0.6) is 0 Å². The molecule has 0 amide bonds. The summed E-state index contributed by atoms with van der Waals surface area (Å²) in [5, 5.41) is 1.60. The van der Waals surface area contributed by atoms with Crippen LogP contribution in [0.2, 0.25) is 0 Å². The number of anilines is 1. The van der Waals surface area contributed by atoms with Gasteiger partial charge in [-0.25, -0.2) is 8.42 Å². The van der Waals surface area contributed by atoms with Crippen molar-refractivity contribution in [3.8, 4) is 0 Å². The Balaban J connectivity index is 2.14. The lowest BCUT2D eigenvalue weighted by Crippen LogP contribution is -2.28. The van der Waals surface area contributed by atoms with Gasteiger partial charge in [0.2, 0.25) is 10.0 Å². The van der Waals surface area contributed by atoms with Crippen molar-refractivity contribution >= 4 is 26.5 Å². The Morgan fingerprint density at radius 3 is 2.75 bits per heavy atom. The van der Waals surface area contributed by atoms with Gasteiger partial charge in [0.05, 0.1) is 4.90 Å². The average molecular weight is 290 g/mol. The highest BCUT2D eigenvalue weighted by atomic mass is 32.2. The number of hydrogen-bond donors (Lipinski definition) is 1. The zero-order chi connectivity index (χ0) is 14.3. The molecule has 1 aliphatic heterocycles. The molecule has 2 aromatic carbocycles. The molecule has 20 heavy (non-hydrogen) atoms. The minimum Gasteiger partial charge on any atom is -0.399 e. The van der Waals surface area contributed by atoms with Crippen molar-refractivity contribution in [3.63, 3.8) is 0 Å². The smallest absolute Gasteiger partial charge is 0.243 e. The molecule has 0 aromatic heterocycles. The van der Waals surface area contributed by atoms with Crippen LogP contribution in [0.4, 0.5) is 5.69 Å². The van der Waals surface area contributed by atoms with E-state index in [1.54, 1.807) is 34.6 Å². The van der Waals surface area contributed by atoms with Gasteiger partial charge < -0.3 is 5.73 Å². The maximum absolute atomic E-state index is 12.8. The van der Waals surface area contributed by atoms with Gasteiger partial charge in [-0.2, -0.15) is 4.31 Å². The summed E-state index contributed by atoms with van der Waals surface area (Å²) in [6.45, 7) is 3.29. The molecule has 2 aromatic rings. The van der Waals surface area contributed by atoms with Gasteiger partial charge in [0.15, 0.2) is 0 Å². The monoisotopic (exact) mass is 290 g/mol. The van der Waals surface area contributed by atoms with E-state index in [9.17, 15) is 8.42 Å². The lowest BCUT2D eigenvalue weighted by Gasteiger charge is -2.17. The van der Waals surface area contributed by atoms with Crippen molar-refractivity contribution in [1.29, 1.82) is 0 Å². The second kappa shape index (κ2) is 4.75. The summed E-state index contributed by atoms with van der Waals surface area (Å²) in [6.07, 6.45) is 0.928. The predicted molar refractivity (Wildman–Crippen MR) is 80.9 cm³/mol. The summed E-state index contributed by atoms with van der Waals surface area (Å²) in [5.74, 6) is 0.426. The first kappa shape index (κ1) is 13.4. The quantitative estimate of drug-likeness (QED) is 0.864. The Morgan fingerprint density at radius 2 is 2.05 bits per heavy atom. The Kier molecular flexibility index (Phi) is 3.18. The number of fused-ring (bicyclic) bond motifs is 1. The number of sulfonamides is 1. The first-order valence-electron chi connectivity index (χ1n) is 6.77. The summed E-state index contributed by atoms with van der Waals surface area (Å²) < 4.78 is 27.1. The van der Waals surface area contributed by atoms with Crippen LogP contribution in [0.1, 0.15) is 13.3 Å². The van der Waals surface area contributed by atoms with Gasteiger partial charge in [0.25, 0.3) is 0 Å². The van der Waals surface area contributed by atoms with Crippen molar-refractivity contribution in [2.45, 2.75) is 18.2 Å². The fourth-order valence-electron chi connectivity index (χ4n) is 2.75. The van der Waals surface area contributed by atoms with E-state index in [4.69, 9.17) is 5.73 Å². The molecule has 1 saturated heterocycles. The molecule has 0 saturated carbocycles. The number of nitrogens with zero attached hydrogens (tertiary/aromatic N) is 1. The van der Waals surface area contributed by atoms with Gasteiger partial charge in [0, 0.05) is 24.2 Å². The van der Waals surface area contributed by atoms with Crippen LogP contribution in [0.3, 0.4) is 0 Å². The number of nitrogen functional groups attached to an aromatic ring is 1. The van der Waals surface area contributed by atoms with Crippen LogP contribution < -0.4 is 5.73 Å². The molecular weight excluding hydrogens is 272 g/mol. The first-order valence-corrected chi connectivity index (χ1v) is 8.21. The van der Waals surface area contributed by atoms with Crippen LogP contribution in [0.15, 0.2) is 41.3 Å². The van der Waals surface area contributed by atoms with Crippen LogP contribution in [0.25, 0.3) is 10.8 Å². The SMILES string of the molecule is CC1CCN(S(=O)(=O)c2cccc3cc(N)ccc23)C1. The summed E-state index contributed by atoms with van der Waals surface area (Å²) in [5.41, 5.74) is 6.40. The van der Waals surface area contributed by atoms with Crippen LogP contribution in [0, 0.1) is 5.92 Å². The predicted octanol–water partition coefficient (Wildman–Crippen LogP) is 2.45. The minimum atomic E-state index is -3.42. The minimum absolute atomic E-state index is 0.379. The molecule has 1 atom stereocenters. The van der Waals surface area contributed by atoms with E-state index in [-0.39, 0.29) is 0 Å². The van der Waals surface area contributed by atoms with E-state index in [0.29, 0.717) is 29.6 Å². The second-order valence-corrected chi connectivity index (χ2v) is 7.40. The molecule has 1 fully saturated rings. The normalized spacial score (nSPS) is 20.6. The Labute approximate surface area is 119 Å². The van der Waals surface area contributed by atoms with E-state index in [0.717, 1.165) is 17.2 Å². The van der Waals surface area contributed by atoms with Gasteiger partial charge in [0.1, 0.15) is 0 Å². The van der Waals surface area contributed by atoms with Crippen molar-refractivity contribution < 1.29 is 8.42 Å². The zero-order valence-electron chi connectivity index (χ0n) is 11.4. The van der Waals surface area contributed by atoms with E-state index in [2.05, 4.69) is 6.92 Å². The molecule has 1 unspecified atom stereocenters. The third-order valence-corrected chi connectivity index (χ3v) is 5.79. The Bertz CT molecular complexity index is 756. The lowest BCUT2D eigenvalue weighted by molar-refractivity contribution is 0.465. The van der Waals surface area contributed by atoms with E-state index in [1.807, 2.05) is 6.07 Å². The first-order chi connectivity index (χ1) is 9.48. The highest BCUT2D eigenvalue weighted by Crippen LogP contribution is 2.30. The van der Waals surface area contributed by atoms with Gasteiger partial charge in [-0.15, -0.1) is 0 Å². The fraction of sp³-hybridized carbons (Fsp3) is 0.333. The topological polar surface area (TPSA) is 63.4 Å². The molecule has 0 aliphatic carbocycles. The van der Waals surface area contributed by atoms with Crippen LogP contribution in [-0.4, -0.2) is 25.8 Å². The lowest BCUT2D eigenvalue weighted by atomic mass is 10.1. The third-order valence-electron chi connectivity index (χ3n) is 3.87. The van der Waals surface area contributed by atoms with Crippen molar-refractivity contribution in [2.75, 3.05) is 18.8 Å². The van der Waals surface area contributed by atoms with E-state index in [1.165, 1.54) is 0 Å². The fourth-order valence-corrected chi connectivity index (χ4v) is 4.54. The molecule has 1 heterocycles. The molecule has 2 N–H and O–H groups in total. The van der Waals surface area contributed by atoms with Gasteiger partial charge >= 0.3 is 0 Å². The van der Waals surface area contributed by atoms with Gasteiger partial charge in [-0.3, -0.25) is 0 Å². The van der Waals surface area contributed by atoms with Crippen LogP contribution in [-0.2, 0) is 10.0 Å². The van der Waals surface area contributed by atoms with Crippen molar-refractivity contribution in [1.82, 2.24) is 4.31 Å². The maximum Gasteiger partial charge on any atom is 0.243 e. The highest BCUT2D eigenvalue weighted by Gasteiger charge is 2.31. The second-order valence-electron chi connectivity index (χ2n) is 5.49. The van der Waals surface area contributed by atoms with Crippen LogP contribution >= 0.6 is 0 Å². The Hall–Kier alpha value is -1.59. The molecule has 4 nitrogen and oxygen atoms in total. The molecule has 106 valence electrons. The summed E-state index contributed by atoms with van der Waals surface area (Å²) in [4.78, 5) is 0.379. The molecule has 0 spiro atoms. The van der Waals surface area contributed by atoms with Crippen molar-refractivity contribution in [3.05, 3.63) is 36.4 Å². The van der Waals surface area contributed by atoms with Gasteiger partial charge in [-0.05, 0) is 35.9 Å². The summed E-state index contributed by atoms with van der Waals surface area (Å²) in [7, 11) is -3.42. The number of benzene rings is 2. The molecular formula is C15H18N2O2S. The molecule has 1 aliphatic rings. The maximum atomic E-state index is 12.8. The molecule has 3 rings (SSSR count). The summed E-state index contributed by atoms with van der Waals surface area (Å²) in [6, 6.07) is 10.7. The van der Waals surface area contributed by atoms with Gasteiger partial charge in [-0.1, -0.05) is 25.1 Å². The zero-order valence-corrected chi connectivity index (χ0v) is 12.2. The van der Waals surface area contributed by atoms with E-state index >= 15 is 0 Å². The average Bonchev–Trinajstić information content (AvgIpc) is 2.85. The number of nitrogens with two attached hydrogens (primary N) is 1. The Morgan fingerprint density at radius 1 is 1.25 bits per heavy atom. The van der Waals surface area contributed by atoms with E-state index < -0.39 is 10.0 Å². The van der Waals surface area contributed by atoms with Crippen molar-refractivity contribution in [2.24, 2.45) is 5.92 Å². The third kappa shape index (κ3) is 2.17. The largest absolute Gasteiger partial charge is 0.399 e. The molecule has 0 bridgehead atoms.